The average molecular weight is 592 g/mol. The second-order valence-corrected chi connectivity index (χ2v) is 17.9. The Morgan fingerprint density at radius 2 is 1.74 bits per heavy atom. The highest BCUT2D eigenvalue weighted by atomic mass is 28.4. The number of amides is 1. The maximum Gasteiger partial charge on any atom is 0.410 e. The Balaban J connectivity index is 1.35. The molecule has 226 valence electrons. The molecule has 2 aliphatic rings. The lowest BCUT2D eigenvalue weighted by molar-refractivity contribution is -0.122. The number of aromatic nitrogens is 3. The van der Waals surface area contributed by atoms with Crippen LogP contribution in [0.25, 0.3) is 11.0 Å². The average Bonchev–Trinajstić information content (AvgIpc) is 3.63. The molecule has 1 amide bonds. The number of piperidine rings is 1. The van der Waals surface area contributed by atoms with E-state index in [0.29, 0.717) is 6.54 Å². The number of benzene rings is 1. The van der Waals surface area contributed by atoms with Crippen LogP contribution in [0.2, 0.25) is 18.1 Å². The minimum Gasteiger partial charge on any atom is -0.445 e. The van der Waals surface area contributed by atoms with Gasteiger partial charge in [-0.05, 0) is 55.4 Å². The fraction of sp³-hybridized carbons (Fsp3) is 0.562. The van der Waals surface area contributed by atoms with Crippen molar-refractivity contribution in [3.05, 3.63) is 54.5 Å². The molecule has 0 radical (unpaired) electrons. The molecule has 0 unspecified atom stereocenters. The van der Waals surface area contributed by atoms with E-state index >= 15 is 0 Å². The number of ketones is 1. The van der Waals surface area contributed by atoms with Gasteiger partial charge in [0.05, 0.1) is 30.5 Å². The third-order valence-electron chi connectivity index (χ3n) is 9.12. The Hall–Kier alpha value is -3.24. The fourth-order valence-electron chi connectivity index (χ4n) is 5.74. The second kappa shape index (κ2) is 12.5. The first-order valence-electron chi connectivity index (χ1n) is 15.2. The van der Waals surface area contributed by atoms with Gasteiger partial charge in [0.25, 0.3) is 0 Å². The Labute approximate surface area is 250 Å². The summed E-state index contributed by atoms with van der Waals surface area (Å²) in [5.41, 5.74) is 2.66. The molecule has 2 aliphatic heterocycles. The molecule has 2 saturated heterocycles. The van der Waals surface area contributed by atoms with E-state index in [1.165, 1.54) is 0 Å². The summed E-state index contributed by atoms with van der Waals surface area (Å²) in [6.45, 7) is 14.0. The summed E-state index contributed by atoms with van der Waals surface area (Å²) in [5, 5.41) is 0.00840. The second-order valence-electron chi connectivity index (χ2n) is 13.2. The number of carbonyl (C=O) groups is 2. The van der Waals surface area contributed by atoms with Gasteiger partial charge in [0.2, 0.25) is 0 Å². The number of likely N-dealkylation sites (tertiary alicyclic amines) is 1. The van der Waals surface area contributed by atoms with Crippen molar-refractivity contribution in [2.24, 2.45) is 0 Å². The molecule has 10 heteroatoms. The predicted octanol–water partition coefficient (Wildman–Crippen LogP) is 6.18. The molecule has 2 atom stereocenters. The van der Waals surface area contributed by atoms with Gasteiger partial charge < -0.3 is 23.5 Å². The van der Waals surface area contributed by atoms with Gasteiger partial charge in [-0.2, -0.15) is 0 Å². The topological polar surface area (TPSA) is 89.8 Å². The maximum absolute atomic E-state index is 13.7. The van der Waals surface area contributed by atoms with E-state index in [2.05, 4.69) is 48.7 Å². The Morgan fingerprint density at radius 1 is 1.00 bits per heavy atom. The van der Waals surface area contributed by atoms with Crippen LogP contribution in [0.15, 0.2) is 48.9 Å². The number of anilines is 1. The number of fused-ring (bicyclic) bond motifs is 1. The highest BCUT2D eigenvalue weighted by Crippen LogP contribution is 2.39. The Bertz CT molecular complexity index is 1380. The largest absolute Gasteiger partial charge is 0.445 e. The zero-order valence-electron chi connectivity index (χ0n) is 25.7. The van der Waals surface area contributed by atoms with Crippen molar-refractivity contribution in [3.8, 4) is 0 Å². The van der Waals surface area contributed by atoms with Gasteiger partial charge in [-0.3, -0.25) is 4.79 Å². The molecule has 42 heavy (non-hydrogen) atoms. The van der Waals surface area contributed by atoms with Crippen molar-refractivity contribution in [3.63, 3.8) is 0 Å². The quantitative estimate of drug-likeness (QED) is 0.275. The molecule has 2 aromatic heterocycles. The minimum atomic E-state index is -2.16. The smallest absolute Gasteiger partial charge is 0.410 e. The fourth-order valence-corrected chi connectivity index (χ4v) is 7.12. The molecule has 0 bridgehead atoms. The molecule has 3 aromatic rings. The van der Waals surface area contributed by atoms with Gasteiger partial charge in [0, 0.05) is 32.3 Å². The summed E-state index contributed by atoms with van der Waals surface area (Å²) < 4.78 is 14.5. The molecule has 0 aliphatic carbocycles. The number of carbonyl (C=O) groups excluding carboxylic acids is 2. The van der Waals surface area contributed by atoms with E-state index in [4.69, 9.17) is 9.16 Å². The summed E-state index contributed by atoms with van der Waals surface area (Å²) >= 11 is 0. The van der Waals surface area contributed by atoms with E-state index in [1.54, 1.807) is 17.4 Å². The number of nitrogens with zero attached hydrogens (tertiary/aromatic N) is 5. The van der Waals surface area contributed by atoms with E-state index < -0.39 is 14.4 Å². The predicted molar refractivity (Wildman–Crippen MR) is 167 cm³/mol. The van der Waals surface area contributed by atoms with Crippen LogP contribution >= 0.6 is 0 Å². The molecule has 4 heterocycles. The van der Waals surface area contributed by atoms with Crippen molar-refractivity contribution in [2.45, 2.75) is 96.3 Å². The van der Waals surface area contributed by atoms with Crippen molar-refractivity contribution in [1.29, 1.82) is 0 Å². The minimum absolute atomic E-state index is 0.00840. The highest BCUT2D eigenvalue weighted by molar-refractivity contribution is 6.74. The molecule has 1 aromatic carbocycles. The molecular formula is C32H45N5O4Si. The van der Waals surface area contributed by atoms with Gasteiger partial charge >= 0.3 is 6.09 Å². The molecule has 5 rings (SSSR count). The first-order chi connectivity index (χ1) is 20.0. The molecular weight excluding hydrogens is 546 g/mol. The van der Waals surface area contributed by atoms with Gasteiger partial charge in [0.1, 0.15) is 12.1 Å². The van der Waals surface area contributed by atoms with Gasteiger partial charge in [-0.15, -0.1) is 0 Å². The van der Waals surface area contributed by atoms with Crippen LogP contribution in [0.1, 0.15) is 58.4 Å². The van der Waals surface area contributed by atoms with Crippen molar-refractivity contribution >= 4 is 37.0 Å². The number of pyridine rings is 1. The zero-order valence-corrected chi connectivity index (χ0v) is 26.7. The number of rotatable bonds is 9. The third kappa shape index (κ3) is 6.70. The normalized spacial score (nSPS) is 19.8. The SMILES string of the molecule is CC(C)(C)[Si](C)(C)O[C@H]1CCCN(C(=O)OCc2ccccc2)[C@@H]1CC(=O)Cn1cnc2c(N3CCCC3)nccc21. The lowest BCUT2D eigenvalue weighted by atomic mass is 9.95. The van der Waals surface area contributed by atoms with Gasteiger partial charge in [0.15, 0.2) is 19.9 Å². The molecule has 0 N–H and O–H groups in total. The van der Waals surface area contributed by atoms with Crippen LogP contribution in [0.4, 0.5) is 10.6 Å². The van der Waals surface area contributed by atoms with E-state index in [-0.39, 0.29) is 42.5 Å². The van der Waals surface area contributed by atoms with E-state index in [1.807, 2.05) is 41.0 Å². The number of hydrogen-bond acceptors (Lipinski definition) is 7. The molecule has 2 fully saturated rings. The Kier molecular flexibility index (Phi) is 9.03. The van der Waals surface area contributed by atoms with Crippen molar-refractivity contribution in [1.82, 2.24) is 19.4 Å². The Morgan fingerprint density at radius 3 is 2.45 bits per heavy atom. The number of Topliss-reactive ketones (excluding diaryl/α,β-unsaturated/α-hetero) is 1. The van der Waals surface area contributed by atoms with Crippen LogP contribution in [0, 0.1) is 0 Å². The number of imidazole rings is 1. The van der Waals surface area contributed by atoms with Crippen LogP contribution < -0.4 is 4.90 Å². The summed E-state index contributed by atoms with van der Waals surface area (Å²) in [6.07, 6.45) is 7.04. The number of hydrogen-bond donors (Lipinski definition) is 0. The monoisotopic (exact) mass is 591 g/mol. The molecule has 0 spiro atoms. The van der Waals surface area contributed by atoms with Crippen LogP contribution in [-0.4, -0.2) is 71.4 Å². The first kappa shape index (κ1) is 30.2. The van der Waals surface area contributed by atoms with Gasteiger partial charge in [-0.25, -0.2) is 14.8 Å². The van der Waals surface area contributed by atoms with Crippen molar-refractivity contribution < 1.29 is 18.8 Å². The van der Waals surface area contributed by atoms with E-state index in [9.17, 15) is 9.59 Å². The molecule has 9 nitrogen and oxygen atoms in total. The third-order valence-corrected chi connectivity index (χ3v) is 13.6. The summed E-state index contributed by atoms with van der Waals surface area (Å²) in [6, 6.07) is 11.2. The van der Waals surface area contributed by atoms with E-state index in [0.717, 1.165) is 61.2 Å². The summed E-state index contributed by atoms with van der Waals surface area (Å²) in [5.74, 6) is 0.920. The summed E-state index contributed by atoms with van der Waals surface area (Å²) in [4.78, 5) is 40.4. The summed E-state index contributed by atoms with van der Waals surface area (Å²) in [7, 11) is -2.16. The van der Waals surface area contributed by atoms with Crippen LogP contribution in [0.5, 0.6) is 0 Å². The zero-order chi connectivity index (χ0) is 29.9. The lowest BCUT2D eigenvalue weighted by Crippen LogP contribution is -2.56. The molecule has 0 saturated carbocycles. The number of ether oxygens (including phenoxy) is 1. The lowest BCUT2D eigenvalue weighted by Gasteiger charge is -2.46. The first-order valence-corrected chi connectivity index (χ1v) is 18.2. The highest BCUT2D eigenvalue weighted by Gasteiger charge is 2.44. The van der Waals surface area contributed by atoms with Crippen molar-refractivity contribution in [2.75, 3.05) is 24.5 Å². The van der Waals surface area contributed by atoms with Gasteiger partial charge in [-0.1, -0.05) is 51.1 Å². The van der Waals surface area contributed by atoms with Crippen LogP contribution in [-0.2, 0) is 27.1 Å². The standard InChI is InChI=1S/C32H45N5O4Si/c1-32(2,3)42(4,5)41-28-14-11-19-37(31(39)40-22-24-12-7-6-8-13-24)27(28)20-25(38)21-36-23-34-29-26(36)15-16-33-30(29)35-17-9-10-18-35/h6-8,12-13,15-16,23,27-28H,9-11,14,17-22H2,1-5H3/t27-,28+/m1/s1. The maximum atomic E-state index is 13.7. The van der Waals surface area contributed by atoms with Crippen LogP contribution in [0.3, 0.4) is 0 Å².